The number of nitro benzene ring substituents is 1. The first kappa shape index (κ1) is 19.2. The predicted molar refractivity (Wildman–Crippen MR) is 120 cm³/mol. The van der Waals surface area contributed by atoms with E-state index in [9.17, 15) is 10.1 Å². The quantitative estimate of drug-likeness (QED) is 0.398. The van der Waals surface area contributed by atoms with Crippen molar-refractivity contribution in [1.29, 1.82) is 0 Å². The molecule has 3 aromatic rings. The fourth-order valence-electron chi connectivity index (χ4n) is 4.70. The Morgan fingerprint density at radius 1 is 1.03 bits per heavy atom. The number of ether oxygens (including phenoxy) is 2. The minimum absolute atomic E-state index is 0.113. The number of benzene rings is 3. The summed E-state index contributed by atoms with van der Waals surface area (Å²) in [5.74, 6) is 0.665. The fourth-order valence-corrected chi connectivity index (χ4v) is 4.70. The number of hydrogen-bond acceptors (Lipinski definition) is 5. The van der Waals surface area contributed by atoms with Crippen LogP contribution in [-0.4, -0.2) is 17.8 Å². The molecule has 1 spiro atoms. The van der Waals surface area contributed by atoms with Crippen LogP contribution in [0.5, 0.6) is 11.5 Å². The molecular formula is C25H22N2O4. The fraction of sp³-hybridized carbons (Fsp3) is 0.200. The average molecular weight is 414 g/mol. The van der Waals surface area contributed by atoms with Crippen LogP contribution < -0.4 is 14.4 Å². The molecule has 0 amide bonds. The van der Waals surface area contributed by atoms with Crippen molar-refractivity contribution < 1.29 is 14.4 Å². The largest absolute Gasteiger partial charge is 0.496 e. The third kappa shape index (κ3) is 2.57. The number of nitro groups is 1. The van der Waals surface area contributed by atoms with E-state index in [-0.39, 0.29) is 11.4 Å². The molecule has 0 aliphatic carbocycles. The summed E-state index contributed by atoms with van der Waals surface area (Å²) in [5, 5.41) is 11.9. The highest BCUT2D eigenvalue weighted by Crippen LogP contribution is 2.58. The zero-order valence-electron chi connectivity index (χ0n) is 17.5. The predicted octanol–water partition coefficient (Wildman–Crippen LogP) is 5.83. The molecule has 6 nitrogen and oxygen atoms in total. The monoisotopic (exact) mass is 414 g/mol. The van der Waals surface area contributed by atoms with Gasteiger partial charge in [0.15, 0.2) is 0 Å². The highest BCUT2D eigenvalue weighted by molar-refractivity contribution is 5.81. The van der Waals surface area contributed by atoms with Gasteiger partial charge in [0.05, 0.1) is 23.5 Å². The van der Waals surface area contributed by atoms with Crippen molar-refractivity contribution in [3.05, 3.63) is 94.0 Å². The van der Waals surface area contributed by atoms with Crippen LogP contribution in [0.3, 0.4) is 0 Å². The van der Waals surface area contributed by atoms with Crippen molar-refractivity contribution in [2.24, 2.45) is 0 Å². The number of methoxy groups -OCH3 is 1. The first-order valence-electron chi connectivity index (χ1n) is 10.1. The van der Waals surface area contributed by atoms with Crippen LogP contribution in [0.1, 0.15) is 25.0 Å². The third-order valence-corrected chi connectivity index (χ3v) is 6.31. The second kappa shape index (κ2) is 6.60. The SMILES string of the molecule is COc1cc2c(c([N+](=O)[O-])c1)OC1(C=C2)N(c2ccccc2)c2ccccc2C1(C)C. The van der Waals surface area contributed by atoms with Crippen molar-refractivity contribution in [2.75, 3.05) is 12.0 Å². The highest BCUT2D eigenvalue weighted by atomic mass is 16.6. The molecular weight excluding hydrogens is 392 g/mol. The number of nitrogens with zero attached hydrogens (tertiary/aromatic N) is 2. The molecule has 0 N–H and O–H groups in total. The Balaban J connectivity index is 1.78. The Morgan fingerprint density at radius 3 is 2.45 bits per heavy atom. The lowest BCUT2D eigenvalue weighted by molar-refractivity contribution is -0.386. The van der Waals surface area contributed by atoms with Gasteiger partial charge < -0.3 is 9.47 Å². The van der Waals surface area contributed by atoms with E-state index >= 15 is 0 Å². The lowest BCUT2D eigenvalue weighted by Gasteiger charge is -2.46. The summed E-state index contributed by atoms with van der Waals surface area (Å²) < 4.78 is 11.9. The van der Waals surface area contributed by atoms with E-state index < -0.39 is 16.1 Å². The molecule has 0 fully saturated rings. The first-order chi connectivity index (χ1) is 14.9. The first-order valence-corrected chi connectivity index (χ1v) is 10.1. The topological polar surface area (TPSA) is 64.8 Å². The van der Waals surface area contributed by atoms with Crippen molar-refractivity contribution in [3.63, 3.8) is 0 Å². The minimum atomic E-state index is -0.982. The van der Waals surface area contributed by atoms with E-state index in [0.717, 1.165) is 16.9 Å². The summed E-state index contributed by atoms with van der Waals surface area (Å²) in [6, 6.07) is 21.3. The number of anilines is 2. The van der Waals surface area contributed by atoms with E-state index in [4.69, 9.17) is 9.47 Å². The Morgan fingerprint density at radius 2 is 1.74 bits per heavy atom. The van der Waals surface area contributed by atoms with Gasteiger partial charge in [-0.1, -0.05) is 36.4 Å². The van der Waals surface area contributed by atoms with Gasteiger partial charge in [-0.15, -0.1) is 0 Å². The number of fused-ring (bicyclic) bond motifs is 2. The van der Waals surface area contributed by atoms with Gasteiger partial charge in [-0.3, -0.25) is 15.0 Å². The van der Waals surface area contributed by atoms with Crippen LogP contribution in [-0.2, 0) is 5.41 Å². The zero-order chi connectivity index (χ0) is 21.8. The Labute approximate surface area is 180 Å². The lowest BCUT2D eigenvalue weighted by Crippen LogP contribution is -2.57. The number of para-hydroxylation sites is 2. The van der Waals surface area contributed by atoms with Gasteiger partial charge >= 0.3 is 5.69 Å². The Kier molecular flexibility index (Phi) is 4.09. The van der Waals surface area contributed by atoms with Gasteiger partial charge in [0.2, 0.25) is 11.5 Å². The minimum Gasteiger partial charge on any atom is -0.496 e. The van der Waals surface area contributed by atoms with Crippen LogP contribution in [0.15, 0.2) is 72.8 Å². The van der Waals surface area contributed by atoms with Crippen LogP contribution in [0, 0.1) is 10.1 Å². The Bertz CT molecular complexity index is 1220. The molecule has 0 aromatic heterocycles. The molecule has 5 rings (SSSR count). The summed E-state index contributed by atoms with van der Waals surface area (Å²) >= 11 is 0. The average Bonchev–Trinajstić information content (AvgIpc) is 2.97. The summed E-state index contributed by atoms with van der Waals surface area (Å²) in [6.45, 7) is 4.22. The van der Waals surface area contributed by atoms with Crippen molar-refractivity contribution >= 4 is 23.1 Å². The molecule has 2 aliphatic rings. The molecule has 0 saturated heterocycles. The molecule has 0 saturated carbocycles. The lowest BCUT2D eigenvalue weighted by atomic mass is 9.76. The van der Waals surface area contributed by atoms with Crippen LogP contribution in [0.2, 0.25) is 0 Å². The summed E-state index contributed by atoms with van der Waals surface area (Å²) in [7, 11) is 1.49. The maximum absolute atomic E-state index is 11.9. The van der Waals surface area contributed by atoms with E-state index in [1.165, 1.54) is 13.2 Å². The Hall–Kier alpha value is -3.80. The maximum atomic E-state index is 11.9. The molecule has 2 heterocycles. The molecule has 156 valence electrons. The molecule has 1 atom stereocenters. The van der Waals surface area contributed by atoms with Gasteiger partial charge in [0.25, 0.3) is 0 Å². The van der Waals surface area contributed by atoms with Crippen molar-refractivity contribution in [3.8, 4) is 11.5 Å². The van der Waals surface area contributed by atoms with Crippen LogP contribution in [0.4, 0.5) is 17.1 Å². The zero-order valence-corrected chi connectivity index (χ0v) is 17.5. The van der Waals surface area contributed by atoms with E-state index in [0.29, 0.717) is 11.3 Å². The summed E-state index contributed by atoms with van der Waals surface area (Å²) in [4.78, 5) is 13.6. The van der Waals surface area contributed by atoms with Gasteiger partial charge in [-0.05, 0) is 55.8 Å². The standard InChI is InChI=1S/C25H22N2O4/c1-24(2)20-11-7-8-12-21(20)26(18-9-5-4-6-10-18)25(24)14-13-17-15-19(30-3)16-22(27(28)29)23(17)31-25/h4-16H,1-3H3. The molecule has 1 unspecified atom stereocenters. The smallest absolute Gasteiger partial charge is 0.315 e. The van der Waals surface area contributed by atoms with E-state index in [1.807, 2.05) is 54.6 Å². The van der Waals surface area contributed by atoms with Gasteiger partial charge in [0, 0.05) is 16.9 Å². The van der Waals surface area contributed by atoms with Gasteiger partial charge in [-0.25, -0.2) is 0 Å². The van der Waals surface area contributed by atoms with Gasteiger partial charge in [0.1, 0.15) is 5.75 Å². The van der Waals surface area contributed by atoms with Crippen molar-refractivity contribution in [1.82, 2.24) is 0 Å². The third-order valence-electron chi connectivity index (χ3n) is 6.31. The molecule has 3 aromatic carbocycles. The van der Waals surface area contributed by atoms with Crippen LogP contribution >= 0.6 is 0 Å². The number of rotatable bonds is 3. The molecule has 2 aliphatic heterocycles. The summed E-state index contributed by atoms with van der Waals surface area (Å²) in [5.41, 5.74) is 2.11. The normalized spacial score (nSPS) is 20.2. The number of hydrogen-bond donors (Lipinski definition) is 0. The summed E-state index contributed by atoms with van der Waals surface area (Å²) in [6.07, 6.45) is 3.91. The van der Waals surface area contributed by atoms with Crippen molar-refractivity contribution in [2.45, 2.75) is 25.0 Å². The van der Waals surface area contributed by atoms with Gasteiger partial charge in [-0.2, -0.15) is 0 Å². The van der Waals surface area contributed by atoms with Crippen LogP contribution in [0.25, 0.3) is 6.08 Å². The second-order valence-electron chi connectivity index (χ2n) is 8.27. The molecule has 0 bridgehead atoms. The molecule has 6 heteroatoms. The molecule has 0 radical (unpaired) electrons. The maximum Gasteiger partial charge on any atom is 0.315 e. The van der Waals surface area contributed by atoms with E-state index in [1.54, 1.807) is 6.07 Å². The molecule has 31 heavy (non-hydrogen) atoms. The van der Waals surface area contributed by atoms with E-state index in [2.05, 4.69) is 30.9 Å². The second-order valence-corrected chi connectivity index (χ2v) is 8.27. The highest BCUT2D eigenvalue weighted by Gasteiger charge is 2.60.